The first-order valence-electron chi connectivity index (χ1n) is 4.78. The summed E-state index contributed by atoms with van der Waals surface area (Å²) in [6.07, 6.45) is 5.00. The molecule has 0 bridgehead atoms. The molecule has 0 aliphatic rings. The largest absolute Gasteiger partial charge is 0.356 e. The minimum atomic E-state index is 0.172. The molecule has 0 aromatic carbocycles. The number of hydrogen-bond donors (Lipinski definition) is 2. The van der Waals surface area contributed by atoms with Gasteiger partial charge in [0.05, 0.1) is 0 Å². The molecule has 3 nitrogen and oxygen atoms in total. The lowest BCUT2D eigenvalue weighted by atomic mass is 10.1. The Kier molecular flexibility index (Phi) is 8.12. The van der Waals surface area contributed by atoms with Crippen LogP contribution in [-0.2, 0) is 4.79 Å². The Morgan fingerprint density at radius 1 is 1.25 bits per heavy atom. The van der Waals surface area contributed by atoms with Crippen LogP contribution in [0.3, 0.4) is 0 Å². The van der Waals surface area contributed by atoms with Crippen molar-refractivity contribution >= 4 is 5.91 Å². The molecule has 0 unspecified atom stereocenters. The van der Waals surface area contributed by atoms with Crippen molar-refractivity contribution in [1.29, 1.82) is 0 Å². The normalized spacial score (nSPS) is 9.83. The summed E-state index contributed by atoms with van der Waals surface area (Å²) >= 11 is 0. The molecule has 0 aromatic rings. The lowest BCUT2D eigenvalue weighted by molar-refractivity contribution is -0.121. The molecule has 3 heteroatoms. The lowest BCUT2D eigenvalue weighted by Gasteiger charge is -2.01. The molecule has 0 radical (unpaired) electrons. The van der Waals surface area contributed by atoms with Crippen molar-refractivity contribution in [3.05, 3.63) is 0 Å². The van der Waals surface area contributed by atoms with Crippen LogP contribution in [0.2, 0.25) is 0 Å². The molecule has 0 fully saturated rings. The van der Waals surface area contributed by atoms with Gasteiger partial charge in [-0.3, -0.25) is 4.79 Å². The van der Waals surface area contributed by atoms with Crippen molar-refractivity contribution in [2.24, 2.45) is 5.73 Å². The number of nitrogens with one attached hydrogen (secondary N) is 1. The zero-order valence-electron chi connectivity index (χ0n) is 7.94. The summed E-state index contributed by atoms with van der Waals surface area (Å²) in [5.74, 6) is 0.172. The number of carbonyl (C=O) groups excluding carboxylic acids is 1. The summed E-state index contributed by atoms with van der Waals surface area (Å²) in [6, 6.07) is 0. The number of rotatable bonds is 7. The van der Waals surface area contributed by atoms with Gasteiger partial charge in [0.1, 0.15) is 0 Å². The van der Waals surface area contributed by atoms with Gasteiger partial charge in [0, 0.05) is 13.0 Å². The molecule has 0 spiro atoms. The molecule has 3 N–H and O–H groups in total. The lowest BCUT2D eigenvalue weighted by Crippen LogP contribution is -2.21. The molecule has 0 aliphatic heterocycles. The topological polar surface area (TPSA) is 55.1 Å². The highest BCUT2D eigenvalue weighted by atomic mass is 16.1. The van der Waals surface area contributed by atoms with Gasteiger partial charge < -0.3 is 11.1 Å². The fourth-order valence-electron chi connectivity index (χ4n) is 1.07. The van der Waals surface area contributed by atoms with E-state index in [0.29, 0.717) is 6.42 Å². The minimum Gasteiger partial charge on any atom is -0.356 e. The standard InChI is InChI=1S/C9H20N2O/c1-2-11-9(12)7-5-3-4-6-8-10/h2-8,10H2,1H3,(H,11,12). The second kappa shape index (κ2) is 8.53. The number of hydrogen-bond acceptors (Lipinski definition) is 2. The van der Waals surface area contributed by atoms with E-state index in [2.05, 4.69) is 5.32 Å². The first-order valence-corrected chi connectivity index (χ1v) is 4.78. The Hall–Kier alpha value is -0.570. The number of amides is 1. The van der Waals surface area contributed by atoms with Crippen LogP contribution in [0.1, 0.15) is 39.0 Å². The molecule has 0 heterocycles. The van der Waals surface area contributed by atoms with Gasteiger partial charge in [-0.15, -0.1) is 0 Å². The summed E-state index contributed by atoms with van der Waals surface area (Å²) < 4.78 is 0. The van der Waals surface area contributed by atoms with Crippen molar-refractivity contribution in [3.8, 4) is 0 Å². The summed E-state index contributed by atoms with van der Waals surface area (Å²) in [6.45, 7) is 3.44. The zero-order valence-corrected chi connectivity index (χ0v) is 7.94. The summed E-state index contributed by atoms with van der Waals surface area (Å²) in [5, 5.41) is 2.77. The van der Waals surface area contributed by atoms with Crippen LogP contribution in [0.5, 0.6) is 0 Å². The van der Waals surface area contributed by atoms with E-state index >= 15 is 0 Å². The maximum atomic E-state index is 10.9. The number of unbranched alkanes of at least 4 members (excludes halogenated alkanes) is 3. The summed E-state index contributed by atoms with van der Waals surface area (Å²) in [7, 11) is 0. The van der Waals surface area contributed by atoms with E-state index in [9.17, 15) is 4.79 Å². The fourth-order valence-corrected chi connectivity index (χ4v) is 1.07. The van der Waals surface area contributed by atoms with Crippen molar-refractivity contribution in [3.63, 3.8) is 0 Å². The van der Waals surface area contributed by atoms with Crippen LogP contribution < -0.4 is 11.1 Å². The third-order valence-electron chi connectivity index (χ3n) is 1.73. The van der Waals surface area contributed by atoms with Gasteiger partial charge in [0.25, 0.3) is 0 Å². The molecule has 0 atom stereocenters. The van der Waals surface area contributed by atoms with E-state index in [1.165, 1.54) is 0 Å². The van der Waals surface area contributed by atoms with E-state index < -0.39 is 0 Å². The first-order chi connectivity index (χ1) is 5.81. The highest BCUT2D eigenvalue weighted by molar-refractivity contribution is 5.75. The van der Waals surface area contributed by atoms with Gasteiger partial charge in [-0.25, -0.2) is 0 Å². The van der Waals surface area contributed by atoms with Crippen LogP contribution in [-0.4, -0.2) is 19.0 Å². The maximum absolute atomic E-state index is 10.9. The van der Waals surface area contributed by atoms with Crippen molar-refractivity contribution in [2.75, 3.05) is 13.1 Å². The fraction of sp³-hybridized carbons (Fsp3) is 0.889. The predicted octanol–water partition coefficient (Wildman–Crippen LogP) is 1.03. The molecule has 1 amide bonds. The van der Waals surface area contributed by atoms with Gasteiger partial charge in [0.15, 0.2) is 0 Å². The molecule has 0 saturated heterocycles. The van der Waals surface area contributed by atoms with E-state index in [4.69, 9.17) is 5.73 Å². The van der Waals surface area contributed by atoms with E-state index in [1.807, 2.05) is 6.92 Å². The molecule has 72 valence electrons. The smallest absolute Gasteiger partial charge is 0.219 e. The van der Waals surface area contributed by atoms with Crippen LogP contribution >= 0.6 is 0 Å². The summed E-state index contributed by atoms with van der Waals surface area (Å²) in [5.41, 5.74) is 5.34. The molecular formula is C9H20N2O. The average molecular weight is 172 g/mol. The SMILES string of the molecule is CCNC(=O)CCCCCCN. The van der Waals surface area contributed by atoms with Crippen LogP contribution in [0.15, 0.2) is 0 Å². The Balaban J connectivity index is 3.03. The predicted molar refractivity (Wildman–Crippen MR) is 50.8 cm³/mol. The Labute approximate surface area is 74.7 Å². The molecule has 0 aliphatic carbocycles. The van der Waals surface area contributed by atoms with Crippen LogP contribution in [0.25, 0.3) is 0 Å². The third-order valence-corrected chi connectivity index (χ3v) is 1.73. The monoisotopic (exact) mass is 172 g/mol. The maximum Gasteiger partial charge on any atom is 0.219 e. The first kappa shape index (κ1) is 11.4. The van der Waals surface area contributed by atoms with Gasteiger partial charge in [0.2, 0.25) is 5.91 Å². The highest BCUT2D eigenvalue weighted by Crippen LogP contribution is 2.01. The van der Waals surface area contributed by atoms with Gasteiger partial charge in [-0.05, 0) is 26.3 Å². The Morgan fingerprint density at radius 2 is 1.92 bits per heavy atom. The number of carbonyl (C=O) groups is 1. The minimum absolute atomic E-state index is 0.172. The Morgan fingerprint density at radius 3 is 2.50 bits per heavy atom. The molecule has 0 saturated carbocycles. The second-order valence-corrected chi connectivity index (χ2v) is 2.91. The molecular weight excluding hydrogens is 152 g/mol. The molecule has 0 aromatic heterocycles. The second-order valence-electron chi connectivity index (χ2n) is 2.91. The highest BCUT2D eigenvalue weighted by Gasteiger charge is 1.97. The van der Waals surface area contributed by atoms with Crippen molar-refractivity contribution in [2.45, 2.75) is 39.0 Å². The summed E-state index contributed by atoms with van der Waals surface area (Å²) in [4.78, 5) is 10.9. The molecule has 12 heavy (non-hydrogen) atoms. The van der Waals surface area contributed by atoms with E-state index in [-0.39, 0.29) is 5.91 Å². The Bertz CT molecular complexity index is 115. The van der Waals surface area contributed by atoms with Gasteiger partial charge >= 0.3 is 0 Å². The van der Waals surface area contributed by atoms with Gasteiger partial charge in [-0.2, -0.15) is 0 Å². The van der Waals surface area contributed by atoms with Crippen LogP contribution in [0.4, 0.5) is 0 Å². The number of nitrogens with two attached hydrogens (primary N) is 1. The van der Waals surface area contributed by atoms with E-state index in [0.717, 1.165) is 38.8 Å². The average Bonchev–Trinajstić information content (AvgIpc) is 2.05. The van der Waals surface area contributed by atoms with Crippen molar-refractivity contribution < 1.29 is 4.79 Å². The van der Waals surface area contributed by atoms with Gasteiger partial charge in [-0.1, -0.05) is 12.8 Å². The quantitative estimate of drug-likeness (QED) is 0.564. The molecule has 0 rings (SSSR count). The van der Waals surface area contributed by atoms with Crippen molar-refractivity contribution in [1.82, 2.24) is 5.32 Å². The van der Waals surface area contributed by atoms with Crippen LogP contribution in [0, 0.1) is 0 Å². The van der Waals surface area contributed by atoms with E-state index in [1.54, 1.807) is 0 Å². The zero-order chi connectivity index (χ0) is 9.23. The third kappa shape index (κ3) is 7.54.